The molecule has 3 nitrogen and oxygen atoms in total. The Morgan fingerprint density at radius 1 is 1.05 bits per heavy atom. The van der Waals surface area contributed by atoms with Crippen molar-refractivity contribution in [2.24, 2.45) is 11.7 Å². The summed E-state index contributed by atoms with van der Waals surface area (Å²) in [6, 6.07) is 0.731. The van der Waals surface area contributed by atoms with Gasteiger partial charge in [0.05, 0.1) is 0 Å². The Labute approximate surface area is 124 Å². The van der Waals surface area contributed by atoms with E-state index >= 15 is 0 Å². The second-order valence-electron chi connectivity index (χ2n) is 7.49. The zero-order valence-corrected chi connectivity index (χ0v) is 13.3. The Hall–Kier alpha value is -0.120. The van der Waals surface area contributed by atoms with Crippen LogP contribution in [0.3, 0.4) is 0 Å². The van der Waals surface area contributed by atoms with Gasteiger partial charge in [-0.2, -0.15) is 0 Å². The molecule has 2 atom stereocenters. The van der Waals surface area contributed by atoms with Gasteiger partial charge < -0.3 is 5.73 Å². The standard InChI is InChI=1S/C17H33N3/c1-19(13-15-7-3-2-4-8-15)17(14-18)10-12-20-11-6-5-9-16(17)20/h15-16H,2-14,18H2,1H3. The molecule has 2 N–H and O–H groups in total. The summed E-state index contributed by atoms with van der Waals surface area (Å²) in [5.74, 6) is 0.926. The van der Waals surface area contributed by atoms with E-state index in [-0.39, 0.29) is 5.54 Å². The third kappa shape index (κ3) is 2.65. The van der Waals surface area contributed by atoms with Crippen molar-refractivity contribution in [2.75, 3.05) is 33.2 Å². The van der Waals surface area contributed by atoms with Crippen LogP contribution in [0, 0.1) is 5.92 Å². The minimum Gasteiger partial charge on any atom is -0.329 e. The SMILES string of the molecule is CN(CC1CCCCC1)C1(CN)CCN2CCCCC21. The predicted octanol–water partition coefficient (Wildman–Crippen LogP) is 2.45. The molecule has 0 spiro atoms. The Morgan fingerprint density at radius 2 is 1.80 bits per heavy atom. The number of fused-ring (bicyclic) bond motifs is 1. The van der Waals surface area contributed by atoms with Crippen LogP contribution in [-0.4, -0.2) is 54.6 Å². The number of hydrogen-bond acceptors (Lipinski definition) is 3. The minimum absolute atomic E-state index is 0.276. The minimum atomic E-state index is 0.276. The summed E-state index contributed by atoms with van der Waals surface area (Å²) in [7, 11) is 2.36. The predicted molar refractivity (Wildman–Crippen MR) is 84.8 cm³/mol. The molecule has 1 aliphatic carbocycles. The molecule has 116 valence electrons. The fourth-order valence-electron chi connectivity index (χ4n) is 5.15. The molecule has 3 fully saturated rings. The van der Waals surface area contributed by atoms with Crippen molar-refractivity contribution in [1.29, 1.82) is 0 Å². The summed E-state index contributed by atoms with van der Waals surface area (Å²) in [4.78, 5) is 5.41. The monoisotopic (exact) mass is 279 g/mol. The molecule has 3 rings (SSSR count). The lowest BCUT2D eigenvalue weighted by Crippen LogP contribution is -2.61. The topological polar surface area (TPSA) is 32.5 Å². The third-order valence-corrected chi connectivity index (χ3v) is 6.44. The number of nitrogens with two attached hydrogens (primary N) is 1. The molecule has 2 unspecified atom stereocenters. The summed E-state index contributed by atoms with van der Waals surface area (Å²) < 4.78 is 0. The van der Waals surface area contributed by atoms with Crippen LogP contribution in [0.4, 0.5) is 0 Å². The fraction of sp³-hybridized carbons (Fsp3) is 1.00. The zero-order chi connectivity index (χ0) is 14.0. The van der Waals surface area contributed by atoms with E-state index in [1.807, 2.05) is 0 Å². The summed E-state index contributed by atoms with van der Waals surface area (Å²) >= 11 is 0. The van der Waals surface area contributed by atoms with E-state index in [1.54, 1.807) is 0 Å². The van der Waals surface area contributed by atoms with Crippen molar-refractivity contribution in [2.45, 2.75) is 69.4 Å². The van der Waals surface area contributed by atoms with Gasteiger partial charge in [0.15, 0.2) is 0 Å². The van der Waals surface area contributed by atoms with Crippen molar-refractivity contribution in [3.05, 3.63) is 0 Å². The molecule has 0 amide bonds. The molecule has 1 saturated carbocycles. The second kappa shape index (κ2) is 6.33. The summed E-state index contributed by atoms with van der Waals surface area (Å²) in [6.07, 6.45) is 12.7. The van der Waals surface area contributed by atoms with Gasteiger partial charge in [-0.15, -0.1) is 0 Å². The summed E-state index contributed by atoms with van der Waals surface area (Å²) in [5.41, 5.74) is 6.59. The van der Waals surface area contributed by atoms with E-state index in [9.17, 15) is 0 Å². The van der Waals surface area contributed by atoms with Crippen molar-refractivity contribution in [1.82, 2.24) is 9.80 Å². The van der Waals surface area contributed by atoms with Crippen LogP contribution < -0.4 is 5.73 Å². The van der Waals surface area contributed by atoms with E-state index in [0.717, 1.165) is 18.5 Å². The molecule has 2 aliphatic heterocycles. The fourth-order valence-corrected chi connectivity index (χ4v) is 5.15. The van der Waals surface area contributed by atoms with Crippen molar-refractivity contribution >= 4 is 0 Å². The summed E-state index contributed by atoms with van der Waals surface area (Å²) in [6.45, 7) is 4.71. The Morgan fingerprint density at radius 3 is 2.55 bits per heavy atom. The van der Waals surface area contributed by atoms with Gasteiger partial charge in [0, 0.05) is 31.2 Å². The molecule has 3 aliphatic rings. The average molecular weight is 279 g/mol. The zero-order valence-electron chi connectivity index (χ0n) is 13.3. The molecule has 20 heavy (non-hydrogen) atoms. The van der Waals surface area contributed by atoms with Crippen LogP contribution in [0.2, 0.25) is 0 Å². The van der Waals surface area contributed by atoms with Gasteiger partial charge in [0.2, 0.25) is 0 Å². The molecule has 0 aromatic rings. The molecular formula is C17H33N3. The van der Waals surface area contributed by atoms with Crippen molar-refractivity contribution in [3.8, 4) is 0 Å². The molecule has 0 aromatic heterocycles. The van der Waals surface area contributed by atoms with Crippen LogP contribution in [0.25, 0.3) is 0 Å². The quantitative estimate of drug-likeness (QED) is 0.858. The highest BCUT2D eigenvalue weighted by Crippen LogP contribution is 2.39. The van der Waals surface area contributed by atoms with Crippen molar-refractivity contribution in [3.63, 3.8) is 0 Å². The first-order valence-corrected chi connectivity index (χ1v) is 8.91. The lowest BCUT2D eigenvalue weighted by Gasteiger charge is -2.47. The molecule has 2 heterocycles. The molecule has 3 heteroatoms. The Kier molecular flexibility index (Phi) is 4.68. The van der Waals surface area contributed by atoms with Gasteiger partial charge in [-0.3, -0.25) is 9.80 Å². The number of nitrogens with zero attached hydrogens (tertiary/aromatic N) is 2. The average Bonchev–Trinajstić information content (AvgIpc) is 2.88. The van der Waals surface area contributed by atoms with E-state index in [2.05, 4.69) is 16.8 Å². The van der Waals surface area contributed by atoms with Gasteiger partial charge in [0.25, 0.3) is 0 Å². The largest absolute Gasteiger partial charge is 0.329 e. The van der Waals surface area contributed by atoms with Crippen molar-refractivity contribution < 1.29 is 0 Å². The first-order valence-electron chi connectivity index (χ1n) is 8.91. The maximum atomic E-state index is 6.31. The number of hydrogen-bond donors (Lipinski definition) is 1. The first kappa shape index (κ1) is 14.8. The van der Waals surface area contributed by atoms with E-state index in [0.29, 0.717) is 0 Å². The van der Waals surface area contributed by atoms with Gasteiger partial charge in [0.1, 0.15) is 0 Å². The van der Waals surface area contributed by atoms with Gasteiger partial charge in [-0.1, -0.05) is 25.7 Å². The van der Waals surface area contributed by atoms with Crippen LogP contribution in [-0.2, 0) is 0 Å². The van der Waals surface area contributed by atoms with Gasteiger partial charge >= 0.3 is 0 Å². The lowest BCUT2D eigenvalue weighted by atomic mass is 9.82. The van der Waals surface area contributed by atoms with E-state index in [1.165, 1.54) is 77.4 Å². The molecule has 0 radical (unpaired) electrons. The normalized spacial score (nSPS) is 36.5. The lowest BCUT2D eigenvalue weighted by molar-refractivity contribution is 0.0415. The first-order chi connectivity index (χ1) is 9.76. The number of likely N-dealkylation sites (N-methyl/N-ethyl adjacent to an activating group) is 1. The van der Waals surface area contributed by atoms with Gasteiger partial charge in [-0.05, 0) is 51.6 Å². The third-order valence-electron chi connectivity index (χ3n) is 6.44. The van der Waals surface area contributed by atoms with Crippen LogP contribution in [0.15, 0.2) is 0 Å². The van der Waals surface area contributed by atoms with E-state index < -0.39 is 0 Å². The van der Waals surface area contributed by atoms with Crippen LogP contribution in [0.5, 0.6) is 0 Å². The maximum absolute atomic E-state index is 6.31. The highest BCUT2D eigenvalue weighted by Gasteiger charge is 2.49. The maximum Gasteiger partial charge on any atom is 0.0496 e. The van der Waals surface area contributed by atoms with Crippen LogP contribution >= 0.6 is 0 Å². The van der Waals surface area contributed by atoms with E-state index in [4.69, 9.17) is 5.73 Å². The number of rotatable bonds is 4. The highest BCUT2D eigenvalue weighted by molar-refractivity contribution is 5.08. The van der Waals surface area contributed by atoms with Gasteiger partial charge in [-0.25, -0.2) is 0 Å². The smallest absolute Gasteiger partial charge is 0.0496 e. The summed E-state index contributed by atoms with van der Waals surface area (Å²) in [5, 5.41) is 0. The molecule has 0 aromatic carbocycles. The Balaban J connectivity index is 1.67. The number of piperidine rings is 1. The second-order valence-corrected chi connectivity index (χ2v) is 7.49. The molecular weight excluding hydrogens is 246 g/mol. The Bertz CT molecular complexity index is 313. The highest BCUT2D eigenvalue weighted by atomic mass is 15.3. The van der Waals surface area contributed by atoms with Crippen LogP contribution in [0.1, 0.15) is 57.8 Å². The molecule has 2 saturated heterocycles. The molecule has 0 bridgehead atoms.